The van der Waals surface area contributed by atoms with Crippen LogP contribution < -0.4 is 5.30 Å². The van der Waals surface area contributed by atoms with Crippen molar-refractivity contribution < 1.29 is 145 Å². The molecular formula is C50H19BF33P. The van der Waals surface area contributed by atoms with Crippen LogP contribution in [0.25, 0.3) is 23.3 Å². The predicted molar refractivity (Wildman–Crippen MR) is 233 cm³/mol. The maximum atomic E-state index is 17.0. The molecule has 9 rings (SSSR count). The van der Waals surface area contributed by atoms with Crippen LogP contribution >= 0.6 is 7.92 Å². The Balaban J connectivity index is 0.000000330. The molecule has 4 aliphatic carbocycles. The van der Waals surface area contributed by atoms with Gasteiger partial charge >= 0.3 is 11.8 Å². The molecule has 0 nitrogen and oxygen atoms in total. The van der Waals surface area contributed by atoms with Crippen LogP contribution in [0, 0.1) is 122 Å². The molecule has 0 spiro atoms. The summed E-state index contributed by atoms with van der Waals surface area (Å²) >= 11 is 0. The van der Waals surface area contributed by atoms with Crippen molar-refractivity contribution in [3.63, 3.8) is 0 Å². The van der Waals surface area contributed by atoms with Gasteiger partial charge in [0.25, 0.3) is 0 Å². The van der Waals surface area contributed by atoms with Gasteiger partial charge in [-0.25, -0.2) is 119 Å². The van der Waals surface area contributed by atoms with E-state index in [2.05, 4.69) is 0 Å². The second-order valence-electron chi connectivity index (χ2n) is 19.4. The molecule has 35 heteroatoms. The predicted octanol–water partition coefficient (Wildman–Crippen LogP) is 19.1. The number of halogens is 33. The van der Waals surface area contributed by atoms with Crippen LogP contribution in [0.2, 0.25) is 0 Å². The SMILES string of the molecule is CCCC(C)C[PH+](c1cc(F)c(F)c(F)c1F)C(F)(F)C(F)(F)F.FC1=C(F)C([B-](C2C(F)=C(F)c3c(F)c(F)c(F)c(F)c32)(C2C(F)=C(F)c3c(F)c(F)c(F)c(F)c32)C2C(F)=C(F)c3c(F)c(F)c(F)c(F)c32)c2c(F)c(F)c(F)c(F)c21. The zero-order chi connectivity index (χ0) is 64.2. The lowest BCUT2D eigenvalue weighted by Crippen LogP contribution is -2.59. The molecule has 0 saturated heterocycles. The summed E-state index contributed by atoms with van der Waals surface area (Å²) in [6.45, 7) is 3.05. The second-order valence-corrected chi connectivity index (χ2v) is 21.9. The summed E-state index contributed by atoms with van der Waals surface area (Å²) in [4.78, 5) is 0. The second kappa shape index (κ2) is 21.6. The summed E-state index contributed by atoms with van der Waals surface area (Å²) in [5, 5.41) is -1.43. The number of alkyl halides is 5. The minimum atomic E-state index is -6.83. The lowest BCUT2D eigenvalue weighted by molar-refractivity contribution is -0.240. The highest BCUT2D eigenvalue weighted by molar-refractivity contribution is 7.66. The Morgan fingerprint density at radius 3 is 0.859 bits per heavy atom. The Morgan fingerprint density at radius 1 is 0.365 bits per heavy atom. The summed E-state index contributed by atoms with van der Waals surface area (Å²) in [7, 11) is -4.15. The van der Waals surface area contributed by atoms with E-state index in [1.54, 1.807) is 6.92 Å². The van der Waals surface area contributed by atoms with E-state index >= 15 is 87.8 Å². The lowest BCUT2D eigenvalue weighted by atomic mass is 9.02. The molecule has 0 aromatic heterocycles. The fourth-order valence-electron chi connectivity index (χ4n) is 11.8. The van der Waals surface area contributed by atoms with Gasteiger partial charge in [0.15, 0.2) is 128 Å². The Labute approximate surface area is 451 Å². The van der Waals surface area contributed by atoms with E-state index in [4.69, 9.17) is 0 Å². The first-order chi connectivity index (χ1) is 39.2. The number of rotatable bonds is 10. The van der Waals surface area contributed by atoms with Crippen LogP contribution in [0.3, 0.4) is 0 Å². The fourth-order valence-corrected chi connectivity index (χ4v) is 14.5. The van der Waals surface area contributed by atoms with Gasteiger partial charge in [0.2, 0.25) is 11.6 Å². The molecule has 85 heavy (non-hydrogen) atoms. The Hall–Kier alpha value is -6.76. The first kappa shape index (κ1) is 64.2. The van der Waals surface area contributed by atoms with Gasteiger partial charge in [-0.05, 0) is 34.6 Å². The number of hydrogen-bond donors (Lipinski definition) is 0. The molecule has 0 bridgehead atoms. The molecule has 6 atom stereocenters. The normalized spacial score (nSPS) is 19.9. The maximum Gasteiger partial charge on any atom is 0.493 e. The Morgan fingerprint density at radius 2 is 0.612 bits per heavy atom. The smallest absolute Gasteiger partial charge is 0.212 e. The summed E-state index contributed by atoms with van der Waals surface area (Å²) in [6.07, 6.45) is -12.9. The van der Waals surface area contributed by atoms with Crippen LogP contribution in [-0.2, 0) is 0 Å². The molecule has 4 aliphatic rings. The van der Waals surface area contributed by atoms with Crippen molar-refractivity contribution in [2.45, 2.75) is 61.8 Å². The van der Waals surface area contributed by atoms with E-state index in [0.717, 1.165) is 0 Å². The lowest BCUT2D eigenvalue weighted by Gasteiger charge is -2.57. The molecule has 0 amide bonds. The minimum Gasteiger partial charge on any atom is -0.212 e. The van der Waals surface area contributed by atoms with Crippen molar-refractivity contribution in [1.82, 2.24) is 0 Å². The Kier molecular flexibility index (Phi) is 16.3. The van der Waals surface area contributed by atoms with Gasteiger partial charge in [-0.1, -0.05) is 43.5 Å². The van der Waals surface area contributed by atoms with Crippen LogP contribution in [0.15, 0.2) is 29.4 Å². The third-order valence-corrected chi connectivity index (χ3v) is 18.2. The molecule has 5 aromatic rings. The third-order valence-electron chi connectivity index (χ3n) is 15.1. The van der Waals surface area contributed by atoms with Gasteiger partial charge in [0.05, 0.1) is 34.6 Å². The van der Waals surface area contributed by atoms with Gasteiger partial charge in [-0.15, -0.1) is 0 Å². The summed E-state index contributed by atoms with van der Waals surface area (Å²) < 4.78 is 496. The van der Waals surface area contributed by atoms with Crippen molar-refractivity contribution in [2.75, 3.05) is 6.16 Å². The van der Waals surface area contributed by atoms with Crippen LogP contribution in [0.5, 0.6) is 0 Å². The summed E-state index contributed by atoms with van der Waals surface area (Å²) in [5.41, 5.74) is -27.3. The van der Waals surface area contributed by atoms with Crippen LogP contribution in [0.4, 0.5) is 145 Å². The van der Waals surface area contributed by atoms with E-state index in [9.17, 15) is 57.1 Å². The number of allylic oxidation sites excluding steroid dienone is 4. The molecule has 5 aromatic carbocycles. The highest BCUT2D eigenvalue weighted by atomic mass is 31.1. The highest BCUT2D eigenvalue weighted by Gasteiger charge is 2.70. The minimum absolute atomic E-state index is 0.0969. The molecule has 6 unspecified atom stereocenters. The molecule has 0 fully saturated rings. The third kappa shape index (κ3) is 8.78. The van der Waals surface area contributed by atoms with Crippen molar-refractivity contribution >= 4 is 42.7 Å². The maximum absolute atomic E-state index is 17.0. The van der Waals surface area contributed by atoms with Crippen molar-refractivity contribution in [1.29, 1.82) is 0 Å². The zero-order valence-corrected chi connectivity index (χ0v) is 41.6. The van der Waals surface area contributed by atoms with E-state index in [1.807, 2.05) is 0 Å². The number of hydrogen-bond acceptors (Lipinski definition) is 0. The molecule has 458 valence electrons. The standard InChI is InChI=1S/C36H4BF24.C14H14F9P/c38-13-1-5(21(46)33(58)29(13)54)17(42)25(50)9(1)37(10-2-6(18(43)26(10)51)22(47)34(59)30(55)14(2)39,11-3-7(19(44)27(11)52)23(48)35(60)31(56)15(3)40)12-4-8(20(45)28(12)53)24(49)36(61)32(57)16(4)41;1-3-4-7(2)6-24(14(22,23)13(19,20)21)9-5-8(15)10(16)12(18)11(9)17/h9-12H;5,7H,3-4,6H2,1-2H3/q-1;/p+1. The van der Waals surface area contributed by atoms with Crippen LogP contribution in [0.1, 0.15) is 94.5 Å². The van der Waals surface area contributed by atoms with Crippen molar-refractivity contribution in [3.8, 4) is 0 Å². The summed E-state index contributed by atoms with van der Waals surface area (Å²) in [5.74, 6) is -106. The molecular weight excluding hydrogens is 1270 g/mol. The van der Waals surface area contributed by atoms with E-state index in [0.29, 0.717) is 6.42 Å². The van der Waals surface area contributed by atoms with Gasteiger partial charge in [-0.2, -0.15) is 26.3 Å². The van der Waals surface area contributed by atoms with E-state index < -0.39 is 274 Å². The number of fused-ring (bicyclic) bond motifs is 4. The quantitative estimate of drug-likeness (QED) is 0.0430. The van der Waals surface area contributed by atoms with Crippen molar-refractivity contribution in [2.24, 2.45) is 5.92 Å². The van der Waals surface area contributed by atoms with Crippen LogP contribution in [-0.4, -0.2) is 24.1 Å². The van der Waals surface area contributed by atoms with Gasteiger partial charge < -0.3 is 0 Å². The Bertz CT molecular complexity index is 3500. The van der Waals surface area contributed by atoms with E-state index in [-0.39, 0.29) is 12.5 Å². The molecule has 0 saturated carbocycles. The molecule has 0 radical (unpaired) electrons. The summed E-state index contributed by atoms with van der Waals surface area (Å²) in [6, 6.07) is -0.0969. The molecule has 0 aliphatic heterocycles. The monoisotopic (exact) mass is 1290 g/mol. The average molecular weight is 1290 g/mol. The topological polar surface area (TPSA) is 0 Å². The fraction of sp³-hybridized carbons (Fsp3) is 0.240. The highest BCUT2D eigenvalue weighted by Crippen LogP contribution is 2.72. The molecule has 0 N–H and O–H groups in total. The first-order valence-corrected chi connectivity index (χ1v) is 24.9. The van der Waals surface area contributed by atoms with E-state index in [1.165, 1.54) is 6.92 Å². The molecule has 0 heterocycles. The van der Waals surface area contributed by atoms with Gasteiger partial charge in [0.1, 0.15) is 36.5 Å². The first-order valence-electron chi connectivity index (χ1n) is 23.2. The largest absolute Gasteiger partial charge is 0.493 e. The zero-order valence-electron chi connectivity index (χ0n) is 40.6. The van der Waals surface area contributed by atoms with Gasteiger partial charge in [0, 0.05) is 6.07 Å². The van der Waals surface area contributed by atoms with Crippen molar-refractivity contribution in [3.05, 3.63) is 190 Å². The van der Waals surface area contributed by atoms with Gasteiger partial charge in [-0.3, -0.25) is 0 Å². The number of benzene rings is 5. The average Bonchev–Trinajstić information content (AvgIpc) is 1.56.